The molecule has 1 aromatic heterocycles. The molecule has 2 N–H and O–H groups in total. The molecule has 134 valence electrons. The van der Waals surface area contributed by atoms with Crippen molar-refractivity contribution in [1.82, 2.24) is 15.8 Å². The zero-order valence-electron chi connectivity index (χ0n) is 14.6. The molecule has 1 aliphatic heterocycles. The highest BCUT2D eigenvalue weighted by molar-refractivity contribution is 5.79. The van der Waals surface area contributed by atoms with E-state index in [1.54, 1.807) is 0 Å². The largest absolute Gasteiger partial charge is 0.486 e. The van der Waals surface area contributed by atoms with Gasteiger partial charge in [-0.15, -0.1) is 0 Å². The van der Waals surface area contributed by atoms with Gasteiger partial charge >= 0.3 is 0 Å². The van der Waals surface area contributed by atoms with Gasteiger partial charge in [-0.1, -0.05) is 24.2 Å². The van der Waals surface area contributed by atoms with Crippen molar-refractivity contribution < 1.29 is 14.0 Å². The summed E-state index contributed by atoms with van der Waals surface area (Å²) in [5, 5.41) is 10.5. The zero-order chi connectivity index (χ0) is 17.5. The van der Waals surface area contributed by atoms with Gasteiger partial charge in [0, 0.05) is 12.6 Å². The van der Waals surface area contributed by atoms with E-state index < -0.39 is 0 Å². The molecule has 3 rings (SSSR count). The van der Waals surface area contributed by atoms with Crippen molar-refractivity contribution in [1.29, 1.82) is 0 Å². The molecular formula is C18H24N4O3. The second kappa shape index (κ2) is 8.41. The third-order valence-corrected chi connectivity index (χ3v) is 3.77. The fourth-order valence-electron chi connectivity index (χ4n) is 2.47. The Hall–Kier alpha value is -2.70. The fraction of sp³-hybridized carbons (Fsp3) is 0.444. The molecule has 1 aliphatic rings. The van der Waals surface area contributed by atoms with Gasteiger partial charge in [-0.2, -0.15) is 0 Å². The number of guanidine groups is 1. The number of benzene rings is 1. The Labute approximate surface area is 147 Å². The summed E-state index contributed by atoms with van der Waals surface area (Å²) in [7, 11) is 0. The number of ether oxygens (including phenoxy) is 2. The maximum Gasteiger partial charge on any atom is 0.191 e. The number of aromatic nitrogens is 1. The summed E-state index contributed by atoms with van der Waals surface area (Å²) in [6.07, 6.45) is 0.780. The number of nitrogens with zero attached hydrogens (tertiary/aromatic N) is 2. The Morgan fingerprint density at radius 2 is 2.08 bits per heavy atom. The lowest BCUT2D eigenvalue weighted by Crippen LogP contribution is -2.45. The van der Waals surface area contributed by atoms with Gasteiger partial charge in [-0.05, 0) is 25.5 Å². The summed E-state index contributed by atoms with van der Waals surface area (Å²) in [5.41, 5.74) is 0.939. The quantitative estimate of drug-likeness (QED) is 0.617. The summed E-state index contributed by atoms with van der Waals surface area (Å²) in [4.78, 5) is 4.52. The topological polar surface area (TPSA) is 80.9 Å². The molecule has 1 atom stereocenters. The SMILES string of the molecule is CCNC(=NCc1cc(CC)no1)NCC1COc2ccccc2O1. The Balaban J connectivity index is 1.54. The van der Waals surface area contributed by atoms with E-state index in [1.807, 2.05) is 44.2 Å². The van der Waals surface area contributed by atoms with E-state index in [4.69, 9.17) is 14.0 Å². The highest BCUT2D eigenvalue weighted by Gasteiger charge is 2.20. The minimum absolute atomic E-state index is 0.0734. The maximum atomic E-state index is 5.94. The second-order valence-corrected chi connectivity index (χ2v) is 5.71. The van der Waals surface area contributed by atoms with Crippen LogP contribution in [-0.2, 0) is 13.0 Å². The Morgan fingerprint density at radius 3 is 2.84 bits per heavy atom. The predicted octanol–water partition coefficient (Wildman–Crippen LogP) is 2.13. The van der Waals surface area contributed by atoms with Gasteiger partial charge in [0.1, 0.15) is 19.3 Å². The molecule has 7 nitrogen and oxygen atoms in total. The van der Waals surface area contributed by atoms with E-state index >= 15 is 0 Å². The standard InChI is InChI=1S/C18H24N4O3/c1-3-13-9-14(25-22-13)10-20-18(19-4-2)21-11-15-12-23-16-7-5-6-8-17(16)24-15/h5-9,15H,3-4,10-12H2,1-2H3,(H2,19,20,21). The van der Waals surface area contributed by atoms with Gasteiger partial charge < -0.3 is 24.6 Å². The van der Waals surface area contributed by atoms with Gasteiger partial charge in [0.05, 0.1) is 12.2 Å². The molecular weight excluding hydrogens is 320 g/mol. The van der Waals surface area contributed by atoms with Gasteiger partial charge in [-0.25, -0.2) is 4.99 Å². The molecule has 0 spiro atoms. The van der Waals surface area contributed by atoms with Crippen molar-refractivity contribution in [2.24, 2.45) is 4.99 Å². The first kappa shape index (κ1) is 17.1. The molecule has 0 aliphatic carbocycles. The van der Waals surface area contributed by atoms with Crippen LogP contribution < -0.4 is 20.1 Å². The molecule has 25 heavy (non-hydrogen) atoms. The van der Waals surface area contributed by atoms with Crippen molar-refractivity contribution in [2.75, 3.05) is 19.7 Å². The summed E-state index contributed by atoms with van der Waals surface area (Å²) in [6, 6.07) is 9.63. The van der Waals surface area contributed by atoms with Crippen molar-refractivity contribution >= 4 is 5.96 Å². The average molecular weight is 344 g/mol. The Kier molecular flexibility index (Phi) is 5.77. The number of aliphatic imine (C=N–C) groups is 1. The molecule has 7 heteroatoms. The van der Waals surface area contributed by atoms with Crippen LogP contribution in [0.3, 0.4) is 0 Å². The highest BCUT2D eigenvalue weighted by Crippen LogP contribution is 2.30. The number of hydrogen-bond donors (Lipinski definition) is 2. The van der Waals surface area contributed by atoms with Crippen molar-refractivity contribution in [3.63, 3.8) is 0 Å². The predicted molar refractivity (Wildman–Crippen MR) is 95.1 cm³/mol. The molecule has 1 unspecified atom stereocenters. The molecule has 0 amide bonds. The van der Waals surface area contributed by atoms with E-state index in [0.717, 1.165) is 35.9 Å². The molecule has 0 saturated heterocycles. The maximum absolute atomic E-state index is 5.94. The van der Waals surface area contributed by atoms with Crippen LogP contribution in [0.4, 0.5) is 0 Å². The first-order valence-corrected chi connectivity index (χ1v) is 8.63. The lowest BCUT2D eigenvalue weighted by atomic mass is 10.2. The van der Waals surface area contributed by atoms with Crippen LogP contribution in [0.25, 0.3) is 0 Å². The first-order chi connectivity index (χ1) is 12.3. The molecule has 0 fully saturated rings. The normalized spacial score (nSPS) is 16.6. The summed E-state index contributed by atoms with van der Waals surface area (Å²) < 4.78 is 16.9. The third kappa shape index (κ3) is 4.65. The van der Waals surface area contributed by atoms with Crippen LogP contribution in [0.5, 0.6) is 11.5 Å². The number of nitrogens with one attached hydrogen (secondary N) is 2. The molecule has 0 radical (unpaired) electrons. The van der Waals surface area contributed by atoms with E-state index in [9.17, 15) is 0 Å². The van der Waals surface area contributed by atoms with E-state index in [-0.39, 0.29) is 6.10 Å². The second-order valence-electron chi connectivity index (χ2n) is 5.71. The fourth-order valence-corrected chi connectivity index (χ4v) is 2.47. The van der Waals surface area contributed by atoms with Crippen molar-refractivity contribution in [3.05, 3.63) is 41.8 Å². The summed E-state index contributed by atoms with van der Waals surface area (Å²) >= 11 is 0. The number of hydrogen-bond acceptors (Lipinski definition) is 5. The average Bonchev–Trinajstić information content (AvgIpc) is 3.12. The van der Waals surface area contributed by atoms with Crippen molar-refractivity contribution in [3.8, 4) is 11.5 Å². The van der Waals surface area contributed by atoms with Gasteiger partial charge in [0.25, 0.3) is 0 Å². The number of aryl methyl sites for hydroxylation is 1. The van der Waals surface area contributed by atoms with Crippen molar-refractivity contribution in [2.45, 2.75) is 32.9 Å². The zero-order valence-corrected chi connectivity index (χ0v) is 14.6. The summed E-state index contributed by atoms with van der Waals surface area (Å²) in [5.74, 6) is 3.02. The van der Waals surface area contributed by atoms with Crippen LogP contribution in [0.1, 0.15) is 25.3 Å². The third-order valence-electron chi connectivity index (χ3n) is 3.77. The minimum Gasteiger partial charge on any atom is -0.486 e. The molecule has 0 saturated carbocycles. The minimum atomic E-state index is -0.0734. The van der Waals surface area contributed by atoms with E-state index in [1.165, 1.54) is 0 Å². The monoisotopic (exact) mass is 344 g/mol. The number of rotatable bonds is 6. The van der Waals surface area contributed by atoms with E-state index in [2.05, 4.69) is 20.8 Å². The Bertz CT molecular complexity index is 714. The number of fused-ring (bicyclic) bond motifs is 1. The lowest BCUT2D eigenvalue weighted by Gasteiger charge is -2.27. The summed E-state index contributed by atoms with van der Waals surface area (Å²) in [6.45, 7) is 6.38. The highest BCUT2D eigenvalue weighted by atomic mass is 16.6. The van der Waals surface area contributed by atoms with Gasteiger partial charge in [-0.3, -0.25) is 0 Å². The number of para-hydroxylation sites is 2. The van der Waals surface area contributed by atoms with E-state index in [0.29, 0.717) is 25.7 Å². The van der Waals surface area contributed by atoms with Gasteiger partial charge in [0.2, 0.25) is 0 Å². The first-order valence-electron chi connectivity index (χ1n) is 8.63. The lowest BCUT2D eigenvalue weighted by molar-refractivity contribution is 0.0936. The van der Waals surface area contributed by atoms with Gasteiger partial charge in [0.15, 0.2) is 23.2 Å². The molecule has 2 heterocycles. The van der Waals surface area contributed by atoms with Crippen LogP contribution >= 0.6 is 0 Å². The van der Waals surface area contributed by atoms with Crippen LogP contribution in [0.15, 0.2) is 39.8 Å². The molecule has 2 aromatic rings. The smallest absolute Gasteiger partial charge is 0.191 e. The van der Waals surface area contributed by atoms with Crippen LogP contribution in [-0.4, -0.2) is 36.9 Å². The molecule has 1 aromatic carbocycles. The van der Waals surface area contributed by atoms with Crippen LogP contribution in [0.2, 0.25) is 0 Å². The molecule has 0 bridgehead atoms. The Morgan fingerprint density at radius 1 is 1.24 bits per heavy atom. The van der Waals surface area contributed by atoms with Crippen LogP contribution in [0, 0.1) is 0 Å².